The molecule has 0 aliphatic rings. The van der Waals surface area contributed by atoms with E-state index in [2.05, 4.69) is 5.32 Å². The molecule has 0 heterocycles. The number of hydrogen-bond donors (Lipinski definition) is 1. The van der Waals surface area contributed by atoms with E-state index in [1.807, 2.05) is 51.3 Å². The zero-order valence-electron chi connectivity index (χ0n) is 14.7. The molecule has 0 spiro atoms. The summed E-state index contributed by atoms with van der Waals surface area (Å²) in [5, 5.41) is 2.83. The van der Waals surface area contributed by atoms with Gasteiger partial charge >= 0.3 is 0 Å². The molecule has 0 fully saturated rings. The van der Waals surface area contributed by atoms with Crippen molar-refractivity contribution in [3.8, 4) is 5.75 Å². The molecule has 0 saturated carbocycles. The van der Waals surface area contributed by atoms with Gasteiger partial charge in [0.2, 0.25) is 5.91 Å². The van der Waals surface area contributed by atoms with Crippen LogP contribution in [0.3, 0.4) is 0 Å². The molecule has 23 heavy (non-hydrogen) atoms. The molecule has 6 heteroatoms. The maximum atomic E-state index is 12.3. The number of carbonyl (C=O) groups excluding carboxylic acids is 2. The Balaban J connectivity index is 2.55. The van der Waals surface area contributed by atoms with Crippen LogP contribution in [-0.4, -0.2) is 48.2 Å². The minimum Gasteiger partial charge on any atom is -0.481 e. The highest BCUT2D eigenvalue weighted by Gasteiger charge is 2.22. The van der Waals surface area contributed by atoms with Crippen LogP contribution >= 0.6 is 11.8 Å². The average molecular weight is 338 g/mol. The number of carbonyl (C=O) groups is 2. The molecular formula is C17H26N2O3S. The Kier molecular flexibility index (Phi) is 6.94. The van der Waals surface area contributed by atoms with E-state index in [0.29, 0.717) is 5.75 Å². The Morgan fingerprint density at radius 3 is 2.30 bits per heavy atom. The van der Waals surface area contributed by atoms with Gasteiger partial charge in [-0.05, 0) is 58.2 Å². The average Bonchev–Trinajstić information content (AvgIpc) is 2.45. The Labute approximate surface area is 142 Å². The molecule has 0 radical (unpaired) electrons. The maximum Gasteiger partial charge on any atom is 0.263 e. The topological polar surface area (TPSA) is 58.6 Å². The van der Waals surface area contributed by atoms with Crippen molar-refractivity contribution in [3.63, 3.8) is 0 Å². The summed E-state index contributed by atoms with van der Waals surface area (Å²) in [6.07, 6.45) is 1.35. The molecule has 128 valence electrons. The molecule has 0 aliphatic carbocycles. The van der Waals surface area contributed by atoms with E-state index in [0.717, 1.165) is 4.90 Å². The van der Waals surface area contributed by atoms with E-state index >= 15 is 0 Å². The molecule has 0 saturated heterocycles. The number of thioether (sulfide) groups is 1. The Hall–Kier alpha value is -1.69. The summed E-state index contributed by atoms with van der Waals surface area (Å²) in [6, 6.07) is 7.55. The summed E-state index contributed by atoms with van der Waals surface area (Å²) in [6.45, 7) is 7.39. The zero-order chi connectivity index (χ0) is 17.6. The van der Waals surface area contributed by atoms with Crippen molar-refractivity contribution < 1.29 is 14.3 Å². The van der Waals surface area contributed by atoms with E-state index in [-0.39, 0.29) is 23.9 Å². The number of nitrogens with one attached hydrogen (secondary N) is 1. The highest BCUT2D eigenvalue weighted by Crippen LogP contribution is 2.20. The number of likely N-dealkylation sites (N-methyl/N-ethyl adjacent to an activating group) is 1. The molecule has 1 atom stereocenters. The van der Waals surface area contributed by atoms with Crippen LogP contribution in [0.15, 0.2) is 29.2 Å². The van der Waals surface area contributed by atoms with E-state index in [4.69, 9.17) is 4.74 Å². The fraction of sp³-hybridized carbons (Fsp3) is 0.529. The predicted octanol–water partition coefficient (Wildman–Crippen LogP) is 2.55. The predicted molar refractivity (Wildman–Crippen MR) is 93.8 cm³/mol. The van der Waals surface area contributed by atoms with Gasteiger partial charge in [-0.1, -0.05) is 0 Å². The highest BCUT2D eigenvalue weighted by atomic mass is 32.2. The van der Waals surface area contributed by atoms with Crippen LogP contribution in [0.2, 0.25) is 0 Å². The third-order valence-electron chi connectivity index (χ3n) is 2.99. The van der Waals surface area contributed by atoms with Gasteiger partial charge in [0.1, 0.15) is 5.75 Å². The van der Waals surface area contributed by atoms with E-state index in [1.54, 1.807) is 25.7 Å². The van der Waals surface area contributed by atoms with Crippen molar-refractivity contribution in [1.82, 2.24) is 10.2 Å². The SMILES string of the molecule is CSc1ccc(O[C@@H](C)C(=O)N(C)CC(=O)NC(C)(C)C)cc1. The number of benzene rings is 1. The number of amides is 2. The Bertz CT molecular complexity index is 538. The van der Waals surface area contributed by atoms with Crippen molar-refractivity contribution in [2.24, 2.45) is 0 Å². The first-order chi connectivity index (χ1) is 10.6. The van der Waals surface area contributed by atoms with Crippen LogP contribution in [0.25, 0.3) is 0 Å². The lowest BCUT2D eigenvalue weighted by atomic mass is 10.1. The molecule has 0 aliphatic heterocycles. The second kappa shape index (κ2) is 8.24. The minimum absolute atomic E-state index is 0.00914. The summed E-state index contributed by atoms with van der Waals surface area (Å²) in [7, 11) is 1.60. The molecule has 0 aromatic heterocycles. The lowest BCUT2D eigenvalue weighted by molar-refractivity contribution is -0.140. The molecule has 1 aromatic carbocycles. The minimum atomic E-state index is -0.650. The Morgan fingerprint density at radius 2 is 1.83 bits per heavy atom. The van der Waals surface area contributed by atoms with Crippen LogP contribution in [0.5, 0.6) is 5.75 Å². The van der Waals surface area contributed by atoms with Gasteiger partial charge in [-0.25, -0.2) is 0 Å². The van der Waals surface area contributed by atoms with E-state index in [9.17, 15) is 9.59 Å². The summed E-state index contributed by atoms with van der Waals surface area (Å²) in [5.74, 6) is 0.212. The summed E-state index contributed by atoms with van der Waals surface area (Å²) >= 11 is 1.64. The van der Waals surface area contributed by atoms with Gasteiger partial charge in [0, 0.05) is 17.5 Å². The van der Waals surface area contributed by atoms with Crippen LogP contribution in [0.1, 0.15) is 27.7 Å². The van der Waals surface area contributed by atoms with Crippen LogP contribution < -0.4 is 10.1 Å². The third kappa shape index (κ3) is 6.95. The van der Waals surface area contributed by atoms with Gasteiger partial charge in [-0.2, -0.15) is 0 Å². The van der Waals surface area contributed by atoms with Crippen molar-refractivity contribution >= 4 is 23.6 Å². The molecule has 1 aromatic rings. The molecular weight excluding hydrogens is 312 g/mol. The largest absolute Gasteiger partial charge is 0.481 e. The molecule has 0 bridgehead atoms. The van der Waals surface area contributed by atoms with Crippen LogP contribution in [-0.2, 0) is 9.59 Å². The van der Waals surface area contributed by atoms with Gasteiger partial charge in [0.15, 0.2) is 6.10 Å². The lowest BCUT2D eigenvalue weighted by Gasteiger charge is -2.25. The van der Waals surface area contributed by atoms with Crippen molar-refractivity contribution in [3.05, 3.63) is 24.3 Å². The van der Waals surface area contributed by atoms with Crippen LogP contribution in [0.4, 0.5) is 0 Å². The summed E-state index contributed by atoms with van der Waals surface area (Å²) < 4.78 is 5.65. The third-order valence-corrected chi connectivity index (χ3v) is 3.74. The second-order valence-electron chi connectivity index (χ2n) is 6.43. The molecule has 0 unspecified atom stereocenters. The zero-order valence-corrected chi connectivity index (χ0v) is 15.5. The summed E-state index contributed by atoms with van der Waals surface area (Å²) in [4.78, 5) is 26.7. The Morgan fingerprint density at radius 1 is 1.26 bits per heavy atom. The first-order valence-electron chi connectivity index (χ1n) is 7.49. The second-order valence-corrected chi connectivity index (χ2v) is 7.31. The van der Waals surface area contributed by atoms with Gasteiger partial charge in [-0.3, -0.25) is 9.59 Å². The number of ether oxygens (including phenoxy) is 1. The van der Waals surface area contributed by atoms with Gasteiger partial charge in [0.05, 0.1) is 6.54 Å². The standard InChI is InChI=1S/C17H26N2O3S/c1-12(22-13-7-9-14(23-6)10-8-13)16(21)19(5)11-15(20)18-17(2,3)4/h7-10,12H,11H2,1-6H3,(H,18,20)/t12-/m0/s1. The van der Waals surface area contributed by atoms with Gasteiger partial charge in [0.25, 0.3) is 5.91 Å². The number of rotatable bonds is 6. The van der Waals surface area contributed by atoms with Crippen LogP contribution in [0, 0.1) is 0 Å². The maximum absolute atomic E-state index is 12.3. The first-order valence-corrected chi connectivity index (χ1v) is 8.71. The van der Waals surface area contributed by atoms with E-state index < -0.39 is 6.10 Å². The molecule has 1 rings (SSSR count). The first kappa shape index (κ1) is 19.4. The fourth-order valence-corrected chi connectivity index (χ4v) is 2.38. The van der Waals surface area contributed by atoms with Crippen molar-refractivity contribution in [2.45, 2.75) is 44.2 Å². The van der Waals surface area contributed by atoms with Gasteiger partial charge < -0.3 is 15.0 Å². The number of hydrogen-bond acceptors (Lipinski definition) is 4. The monoisotopic (exact) mass is 338 g/mol. The highest BCUT2D eigenvalue weighted by molar-refractivity contribution is 7.98. The van der Waals surface area contributed by atoms with Crippen molar-refractivity contribution in [2.75, 3.05) is 19.8 Å². The van der Waals surface area contributed by atoms with Crippen molar-refractivity contribution in [1.29, 1.82) is 0 Å². The smallest absolute Gasteiger partial charge is 0.263 e. The summed E-state index contributed by atoms with van der Waals surface area (Å²) in [5.41, 5.74) is -0.317. The van der Waals surface area contributed by atoms with Gasteiger partial charge in [-0.15, -0.1) is 11.8 Å². The number of nitrogens with zero attached hydrogens (tertiary/aromatic N) is 1. The molecule has 1 N–H and O–H groups in total. The molecule has 5 nitrogen and oxygen atoms in total. The molecule has 2 amide bonds. The van der Waals surface area contributed by atoms with E-state index in [1.165, 1.54) is 4.90 Å². The fourth-order valence-electron chi connectivity index (χ4n) is 1.97. The normalized spacial score (nSPS) is 12.4. The lowest BCUT2D eigenvalue weighted by Crippen LogP contribution is -2.48. The quantitative estimate of drug-likeness (QED) is 0.810.